The van der Waals surface area contributed by atoms with Crippen LogP contribution in [0.3, 0.4) is 0 Å². The molecule has 2 rings (SSSR count). The van der Waals surface area contributed by atoms with Crippen LogP contribution in [0.25, 0.3) is 0 Å². The van der Waals surface area contributed by atoms with Crippen LogP contribution in [0.15, 0.2) is 5.38 Å². The largest absolute Gasteiger partial charge is 0.481 e. The van der Waals surface area contributed by atoms with Crippen molar-refractivity contribution in [3.63, 3.8) is 0 Å². The maximum atomic E-state index is 12.0. The summed E-state index contributed by atoms with van der Waals surface area (Å²) in [5, 5.41) is 13.2. The Morgan fingerprint density at radius 1 is 1.33 bits per heavy atom. The number of hydrogen-bond acceptors (Lipinski definition) is 3. The molecule has 1 amide bonds. The van der Waals surface area contributed by atoms with Crippen LogP contribution in [-0.4, -0.2) is 23.5 Å². The molecule has 0 saturated carbocycles. The third kappa shape index (κ3) is 3.10. The van der Waals surface area contributed by atoms with Crippen LogP contribution in [0.2, 0.25) is 0 Å². The van der Waals surface area contributed by atoms with Gasteiger partial charge >= 0.3 is 5.97 Å². The second-order valence-corrected chi connectivity index (χ2v) is 5.48. The maximum Gasteiger partial charge on any atom is 0.303 e. The van der Waals surface area contributed by atoms with Crippen molar-refractivity contribution < 1.29 is 14.7 Å². The molecule has 1 aromatic heterocycles. The summed E-state index contributed by atoms with van der Waals surface area (Å²) in [6, 6.07) is 0. The number of hydrogen-bond donors (Lipinski definition) is 2. The van der Waals surface area contributed by atoms with Gasteiger partial charge in [-0.05, 0) is 37.7 Å². The van der Waals surface area contributed by atoms with E-state index < -0.39 is 5.97 Å². The minimum Gasteiger partial charge on any atom is -0.481 e. The van der Waals surface area contributed by atoms with Crippen LogP contribution in [0, 0.1) is 0 Å². The van der Waals surface area contributed by atoms with Crippen molar-refractivity contribution >= 4 is 23.2 Å². The summed E-state index contributed by atoms with van der Waals surface area (Å²) >= 11 is 1.67. The van der Waals surface area contributed by atoms with E-state index in [1.54, 1.807) is 11.3 Å². The summed E-state index contributed by atoms with van der Waals surface area (Å²) in [4.78, 5) is 23.7. The first-order valence-electron chi connectivity index (χ1n) is 6.27. The Bertz CT molecular complexity index is 453. The summed E-state index contributed by atoms with van der Waals surface area (Å²) in [5.41, 5.74) is 2.01. The molecule has 2 N–H and O–H groups in total. The molecule has 0 fully saturated rings. The van der Waals surface area contributed by atoms with Gasteiger partial charge in [0.2, 0.25) is 0 Å². The number of nitrogens with one attached hydrogen (secondary N) is 1. The molecule has 1 aromatic rings. The second-order valence-electron chi connectivity index (χ2n) is 4.51. The van der Waals surface area contributed by atoms with E-state index in [-0.39, 0.29) is 12.3 Å². The van der Waals surface area contributed by atoms with E-state index in [0.29, 0.717) is 13.0 Å². The summed E-state index contributed by atoms with van der Waals surface area (Å²) < 4.78 is 0. The highest BCUT2D eigenvalue weighted by Gasteiger charge is 2.19. The van der Waals surface area contributed by atoms with Crippen LogP contribution < -0.4 is 5.32 Å². The summed E-state index contributed by atoms with van der Waals surface area (Å²) in [5.74, 6) is -0.878. The highest BCUT2D eigenvalue weighted by Crippen LogP contribution is 2.30. The predicted octanol–water partition coefficient (Wildman–Crippen LogP) is 2.22. The zero-order chi connectivity index (χ0) is 13.0. The average molecular weight is 267 g/mol. The van der Waals surface area contributed by atoms with E-state index in [1.807, 2.05) is 5.38 Å². The van der Waals surface area contributed by atoms with Crippen LogP contribution in [0.1, 0.15) is 46.5 Å². The van der Waals surface area contributed by atoms with Gasteiger partial charge in [0.15, 0.2) is 0 Å². The fraction of sp³-hybridized carbons (Fsp3) is 0.538. The van der Waals surface area contributed by atoms with E-state index in [9.17, 15) is 9.59 Å². The zero-order valence-electron chi connectivity index (χ0n) is 10.2. The topological polar surface area (TPSA) is 66.4 Å². The Morgan fingerprint density at radius 2 is 2.11 bits per heavy atom. The molecule has 0 saturated heterocycles. The van der Waals surface area contributed by atoms with Crippen molar-refractivity contribution in [2.45, 2.75) is 38.5 Å². The molecule has 0 unspecified atom stereocenters. The first kappa shape index (κ1) is 13.1. The molecule has 0 spiro atoms. The van der Waals surface area contributed by atoms with E-state index in [1.165, 1.54) is 16.9 Å². The summed E-state index contributed by atoms with van der Waals surface area (Å²) in [6.07, 6.45) is 5.04. The summed E-state index contributed by atoms with van der Waals surface area (Å²) in [6.45, 7) is 0.426. The highest BCUT2D eigenvalue weighted by molar-refractivity contribution is 7.10. The molecule has 1 aliphatic rings. The zero-order valence-corrected chi connectivity index (χ0v) is 11.0. The highest BCUT2D eigenvalue weighted by atomic mass is 32.1. The lowest BCUT2D eigenvalue weighted by molar-refractivity contribution is -0.137. The molecule has 98 valence electrons. The van der Waals surface area contributed by atoms with Crippen LogP contribution in [0.5, 0.6) is 0 Å². The fourth-order valence-electron chi connectivity index (χ4n) is 2.22. The number of carbonyl (C=O) groups is 2. The number of amides is 1. The monoisotopic (exact) mass is 267 g/mol. The number of carboxylic acid groups (broad SMARTS) is 1. The number of carbonyl (C=O) groups excluding carboxylic acids is 1. The van der Waals surface area contributed by atoms with Crippen molar-refractivity contribution in [3.8, 4) is 0 Å². The number of aliphatic carboxylic acids is 1. The Kier molecular flexibility index (Phi) is 4.36. The molecular weight excluding hydrogens is 250 g/mol. The molecule has 18 heavy (non-hydrogen) atoms. The Morgan fingerprint density at radius 3 is 2.89 bits per heavy atom. The molecule has 1 aliphatic carbocycles. The van der Waals surface area contributed by atoms with E-state index >= 15 is 0 Å². The molecular formula is C13H17NO3S. The first-order chi connectivity index (χ1) is 8.68. The molecule has 0 aromatic carbocycles. The summed E-state index contributed by atoms with van der Waals surface area (Å²) in [7, 11) is 0. The fourth-order valence-corrected chi connectivity index (χ4v) is 3.35. The van der Waals surface area contributed by atoms with E-state index in [0.717, 1.165) is 24.8 Å². The van der Waals surface area contributed by atoms with Crippen molar-refractivity contribution in [2.24, 2.45) is 0 Å². The SMILES string of the molecule is O=C(O)CCCNC(=O)c1csc2c1CCCC2. The lowest BCUT2D eigenvalue weighted by Gasteiger charge is -2.12. The molecule has 0 atom stereocenters. The average Bonchev–Trinajstić information content (AvgIpc) is 2.78. The van der Waals surface area contributed by atoms with Gasteiger partial charge in [-0.1, -0.05) is 0 Å². The van der Waals surface area contributed by atoms with Gasteiger partial charge in [0.1, 0.15) is 0 Å². The number of carboxylic acids is 1. The van der Waals surface area contributed by atoms with Gasteiger partial charge in [-0.3, -0.25) is 9.59 Å². The molecule has 5 heteroatoms. The van der Waals surface area contributed by atoms with Gasteiger partial charge in [0.25, 0.3) is 5.91 Å². The Balaban J connectivity index is 1.89. The molecule has 1 heterocycles. The van der Waals surface area contributed by atoms with Gasteiger partial charge in [0.05, 0.1) is 5.56 Å². The van der Waals surface area contributed by atoms with Gasteiger partial charge in [-0.25, -0.2) is 0 Å². The van der Waals surface area contributed by atoms with Gasteiger partial charge in [-0.15, -0.1) is 11.3 Å². The molecule has 0 bridgehead atoms. The minimum absolute atomic E-state index is 0.0558. The quantitative estimate of drug-likeness (QED) is 0.804. The van der Waals surface area contributed by atoms with E-state index in [2.05, 4.69) is 5.32 Å². The predicted molar refractivity (Wildman–Crippen MR) is 70.2 cm³/mol. The lowest BCUT2D eigenvalue weighted by atomic mass is 9.95. The third-order valence-electron chi connectivity index (χ3n) is 3.16. The van der Waals surface area contributed by atoms with Crippen molar-refractivity contribution in [1.82, 2.24) is 5.32 Å². The van der Waals surface area contributed by atoms with Crippen molar-refractivity contribution in [1.29, 1.82) is 0 Å². The van der Waals surface area contributed by atoms with Gasteiger partial charge in [0, 0.05) is 23.2 Å². The van der Waals surface area contributed by atoms with Crippen molar-refractivity contribution in [2.75, 3.05) is 6.54 Å². The molecule has 4 nitrogen and oxygen atoms in total. The standard InChI is InChI=1S/C13H17NO3S/c15-12(16)6-3-7-14-13(17)10-8-18-11-5-2-1-4-9(10)11/h8H,1-7H2,(H,14,17)(H,15,16). The smallest absolute Gasteiger partial charge is 0.303 e. The Hall–Kier alpha value is -1.36. The third-order valence-corrected chi connectivity index (χ3v) is 4.25. The minimum atomic E-state index is -0.822. The van der Waals surface area contributed by atoms with Crippen LogP contribution in [-0.2, 0) is 17.6 Å². The maximum absolute atomic E-state index is 12.0. The van der Waals surface area contributed by atoms with Gasteiger partial charge < -0.3 is 10.4 Å². The Labute approximate surface area is 110 Å². The number of thiophene rings is 1. The lowest BCUT2D eigenvalue weighted by Crippen LogP contribution is -2.25. The number of fused-ring (bicyclic) bond motifs is 1. The normalized spacial score (nSPS) is 14.0. The van der Waals surface area contributed by atoms with E-state index in [4.69, 9.17) is 5.11 Å². The first-order valence-corrected chi connectivity index (χ1v) is 7.15. The van der Waals surface area contributed by atoms with Gasteiger partial charge in [-0.2, -0.15) is 0 Å². The van der Waals surface area contributed by atoms with Crippen LogP contribution >= 0.6 is 11.3 Å². The second kappa shape index (κ2) is 6.00. The molecule has 0 radical (unpaired) electrons. The number of rotatable bonds is 5. The number of aryl methyl sites for hydroxylation is 1. The molecule has 0 aliphatic heterocycles. The van der Waals surface area contributed by atoms with Crippen molar-refractivity contribution in [3.05, 3.63) is 21.4 Å². The van der Waals surface area contributed by atoms with Crippen LogP contribution in [0.4, 0.5) is 0 Å².